The van der Waals surface area contributed by atoms with Crippen LogP contribution in [0.2, 0.25) is 0 Å². The lowest BCUT2D eigenvalue weighted by atomic mass is 10.0. The van der Waals surface area contributed by atoms with E-state index in [1.54, 1.807) is 18.2 Å². The molecule has 0 saturated carbocycles. The Labute approximate surface area is 198 Å². The Bertz CT molecular complexity index is 1050. The molecule has 3 rings (SSSR count). The fraction of sp³-hybridized carbons (Fsp3) is 0.360. The first-order chi connectivity index (χ1) is 15.8. The zero-order valence-corrected chi connectivity index (χ0v) is 19.8. The number of carbonyl (C=O) groups is 2. The average Bonchev–Trinajstić information content (AvgIpc) is 3.20. The molecule has 1 saturated heterocycles. The molecule has 1 N–H and O–H groups in total. The van der Waals surface area contributed by atoms with E-state index in [2.05, 4.69) is 19.2 Å². The third-order valence-corrected chi connectivity index (χ3v) is 6.60. The molecule has 0 aromatic heterocycles. The molecule has 0 bridgehead atoms. The summed E-state index contributed by atoms with van der Waals surface area (Å²) in [7, 11) is 0. The number of rotatable bonds is 10. The molecule has 2 amide bonds. The fourth-order valence-corrected chi connectivity index (χ4v) is 4.87. The van der Waals surface area contributed by atoms with Gasteiger partial charge >= 0.3 is 0 Å². The molecule has 7 nitrogen and oxygen atoms in total. The number of likely N-dealkylation sites (tertiary alicyclic amines) is 1. The highest BCUT2D eigenvalue weighted by molar-refractivity contribution is 7.99. The Morgan fingerprint density at radius 1 is 1.24 bits per heavy atom. The average molecular weight is 468 g/mol. The zero-order chi connectivity index (χ0) is 23.8. The number of nitro benzene ring substituents is 1. The third kappa shape index (κ3) is 6.92. The molecule has 2 aromatic rings. The van der Waals surface area contributed by atoms with Crippen LogP contribution in [0.25, 0.3) is 6.08 Å². The standard InChI is InChI=1S/C25H29N3O4S/c1-18(2)20-7-3-4-8-22(20)33-23-12-10-19(17-21(23)28(31)32)11-13-24(29)26-14-6-16-27-15-5-9-25(27)30/h3-4,7-8,10-13,17-18H,5-6,9,14-16H2,1-2H3,(H,26,29). The summed E-state index contributed by atoms with van der Waals surface area (Å²) in [5.41, 5.74) is 1.74. The van der Waals surface area contributed by atoms with Crippen LogP contribution in [0.4, 0.5) is 5.69 Å². The van der Waals surface area contributed by atoms with Crippen LogP contribution in [-0.4, -0.2) is 41.3 Å². The fourth-order valence-electron chi connectivity index (χ4n) is 3.69. The maximum Gasteiger partial charge on any atom is 0.283 e. The van der Waals surface area contributed by atoms with Crippen molar-refractivity contribution in [3.8, 4) is 0 Å². The molecule has 1 heterocycles. The van der Waals surface area contributed by atoms with E-state index in [9.17, 15) is 19.7 Å². The SMILES string of the molecule is CC(C)c1ccccc1Sc1ccc(C=CC(=O)NCCCN2CCCC2=O)cc1[N+](=O)[O-]. The van der Waals surface area contributed by atoms with Crippen molar-refractivity contribution in [3.63, 3.8) is 0 Å². The van der Waals surface area contributed by atoms with Crippen molar-refractivity contribution in [2.45, 2.75) is 48.8 Å². The number of amides is 2. The summed E-state index contributed by atoms with van der Waals surface area (Å²) in [5, 5.41) is 14.5. The molecule has 0 spiro atoms. The van der Waals surface area contributed by atoms with Crippen molar-refractivity contribution in [3.05, 3.63) is 69.8 Å². The minimum Gasteiger partial charge on any atom is -0.352 e. The van der Waals surface area contributed by atoms with Gasteiger partial charge < -0.3 is 10.2 Å². The molecular weight excluding hydrogens is 438 g/mol. The van der Waals surface area contributed by atoms with Gasteiger partial charge in [0.15, 0.2) is 0 Å². The molecule has 174 valence electrons. The first-order valence-corrected chi connectivity index (χ1v) is 12.0. The van der Waals surface area contributed by atoms with Crippen LogP contribution in [0.3, 0.4) is 0 Å². The van der Waals surface area contributed by atoms with E-state index in [0.29, 0.717) is 42.3 Å². The second kappa shape index (κ2) is 11.7. The van der Waals surface area contributed by atoms with Gasteiger partial charge in [-0.2, -0.15) is 0 Å². The van der Waals surface area contributed by atoms with Gasteiger partial charge in [-0.05, 0) is 48.1 Å². The second-order valence-electron chi connectivity index (χ2n) is 8.24. The van der Waals surface area contributed by atoms with Gasteiger partial charge in [0.25, 0.3) is 5.69 Å². The predicted octanol–water partition coefficient (Wildman–Crippen LogP) is 5.01. The largest absolute Gasteiger partial charge is 0.352 e. The van der Waals surface area contributed by atoms with Gasteiger partial charge in [0, 0.05) is 43.1 Å². The van der Waals surface area contributed by atoms with E-state index >= 15 is 0 Å². The lowest BCUT2D eigenvalue weighted by Gasteiger charge is -2.14. The molecule has 33 heavy (non-hydrogen) atoms. The summed E-state index contributed by atoms with van der Waals surface area (Å²) in [5.74, 6) is 0.219. The second-order valence-corrected chi connectivity index (χ2v) is 9.32. The summed E-state index contributed by atoms with van der Waals surface area (Å²) in [6.45, 7) is 6.10. The van der Waals surface area contributed by atoms with Gasteiger partial charge in [0.1, 0.15) is 0 Å². The summed E-state index contributed by atoms with van der Waals surface area (Å²) < 4.78 is 0. The Kier molecular flexibility index (Phi) is 8.65. The number of nitro groups is 1. The van der Waals surface area contributed by atoms with Crippen molar-refractivity contribution < 1.29 is 14.5 Å². The zero-order valence-electron chi connectivity index (χ0n) is 19.0. The Morgan fingerprint density at radius 2 is 2.03 bits per heavy atom. The Balaban J connectivity index is 1.60. The predicted molar refractivity (Wildman–Crippen MR) is 130 cm³/mol. The van der Waals surface area contributed by atoms with Gasteiger partial charge in [-0.1, -0.05) is 49.9 Å². The van der Waals surface area contributed by atoms with Gasteiger partial charge in [-0.25, -0.2) is 0 Å². The highest BCUT2D eigenvalue weighted by atomic mass is 32.2. The summed E-state index contributed by atoms with van der Waals surface area (Å²) in [6.07, 6.45) is 5.16. The minimum atomic E-state index is -0.391. The molecule has 0 radical (unpaired) electrons. The van der Waals surface area contributed by atoms with Crippen LogP contribution in [0.15, 0.2) is 58.3 Å². The number of benzene rings is 2. The smallest absolute Gasteiger partial charge is 0.283 e. The molecule has 8 heteroatoms. The maximum atomic E-state index is 12.1. The molecule has 1 fully saturated rings. The summed E-state index contributed by atoms with van der Waals surface area (Å²) in [6, 6.07) is 12.9. The minimum absolute atomic E-state index is 0.0106. The third-order valence-electron chi connectivity index (χ3n) is 5.44. The number of hydrogen-bond acceptors (Lipinski definition) is 5. The summed E-state index contributed by atoms with van der Waals surface area (Å²) >= 11 is 1.38. The van der Waals surface area contributed by atoms with Crippen LogP contribution < -0.4 is 5.32 Å². The van der Waals surface area contributed by atoms with Gasteiger partial charge in [0.2, 0.25) is 11.8 Å². The van der Waals surface area contributed by atoms with Crippen molar-refractivity contribution in [2.75, 3.05) is 19.6 Å². The monoisotopic (exact) mass is 467 g/mol. The molecular formula is C25H29N3O4S. The normalized spacial score (nSPS) is 13.8. The molecule has 0 aliphatic carbocycles. The van der Waals surface area contributed by atoms with Gasteiger partial charge in [0.05, 0.1) is 9.82 Å². The topological polar surface area (TPSA) is 92.6 Å². The van der Waals surface area contributed by atoms with E-state index in [4.69, 9.17) is 0 Å². The lowest BCUT2D eigenvalue weighted by Crippen LogP contribution is -2.29. The van der Waals surface area contributed by atoms with Crippen LogP contribution >= 0.6 is 11.8 Å². The van der Waals surface area contributed by atoms with Crippen LogP contribution in [0, 0.1) is 10.1 Å². The molecule has 0 unspecified atom stereocenters. The van der Waals surface area contributed by atoms with E-state index in [1.807, 2.05) is 29.2 Å². The molecule has 0 atom stereocenters. The quantitative estimate of drug-likeness (QED) is 0.229. The lowest BCUT2D eigenvalue weighted by molar-refractivity contribution is -0.387. The molecule has 1 aliphatic heterocycles. The first kappa shape index (κ1) is 24.5. The van der Waals surface area contributed by atoms with Gasteiger partial charge in [-0.3, -0.25) is 19.7 Å². The van der Waals surface area contributed by atoms with Crippen molar-refractivity contribution in [1.82, 2.24) is 10.2 Å². The Hall–Kier alpha value is -3.13. The number of carbonyl (C=O) groups excluding carboxylic acids is 2. The van der Waals surface area contributed by atoms with Gasteiger partial charge in [-0.15, -0.1) is 0 Å². The summed E-state index contributed by atoms with van der Waals surface area (Å²) in [4.78, 5) is 38.3. The molecule has 2 aromatic carbocycles. The van der Waals surface area contributed by atoms with E-state index in [0.717, 1.165) is 23.4 Å². The number of hydrogen-bond donors (Lipinski definition) is 1. The number of nitrogens with zero attached hydrogens (tertiary/aromatic N) is 2. The first-order valence-electron chi connectivity index (χ1n) is 11.1. The van der Waals surface area contributed by atoms with E-state index in [1.165, 1.54) is 23.9 Å². The maximum absolute atomic E-state index is 12.1. The van der Waals surface area contributed by atoms with Crippen molar-refractivity contribution in [2.24, 2.45) is 0 Å². The Morgan fingerprint density at radius 3 is 2.73 bits per heavy atom. The van der Waals surface area contributed by atoms with Crippen LogP contribution in [-0.2, 0) is 9.59 Å². The van der Waals surface area contributed by atoms with Crippen molar-refractivity contribution >= 4 is 35.3 Å². The van der Waals surface area contributed by atoms with E-state index < -0.39 is 4.92 Å². The van der Waals surface area contributed by atoms with E-state index in [-0.39, 0.29) is 17.5 Å². The van der Waals surface area contributed by atoms with Crippen LogP contribution in [0.1, 0.15) is 50.2 Å². The number of nitrogens with one attached hydrogen (secondary N) is 1. The highest BCUT2D eigenvalue weighted by Gasteiger charge is 2.19. The highest BCUT2D eigenvalue weighted by Crippen LogP contribution is 2.38. The van der Waals surface area contributed by atoms with Crippen molar-refractivity contribution in [1.29, 1.82) is 0 Å². The molecule has 1 aliphatic rings. The van der Waals surface area contributed by atoms with Crippen LogP contribution in [0.5, 0.6) is 0 Å².